The minimum absolute atomic E-state index is 0.0636. The van der Waals surface area contributed by atoms with E-state index in [1.165, 1.54) is 6.07 Å². The van der Waals surface area contributed by atoms with Gasteiger partial charge < -0.3 is 9.84 Å². The van der Waals surface area contributed by atoms with Gasteiger partial charge in [0, 0.05) is 13.0 Å². The normalized spacial score (nSPS) is 19.5. The summed E-state index contributed by atoms with van der Waals surface area (Å²) in [5.74, 6) is -0.531. The number of carbonyl (C=O) groups is 1. The molecule has 1 aromatic carbocycles. The first-order valence-corrected chi connectivity index (χ1v) is 6.04. The Bertz CT molecular complexity index is 427. The van der Waals surface area contributed by atoms with Crippen molar-refractivity contribution in [2.24, 2.45) is 0 Å². The van der Waals surface area contributed by atoms with E-state index in [0.29, 0.717) is 6.61 Å². The first kappa shape index (κ1) is 12.9. The molecular formula is C13H17NO4. The molecule has 1 amide bonds. The molecule has 1 aliphatic rings. The molecule has 0 aliphatic carbocycles. The summed E-state index contributed by atoms with van der Waals surface area (Å²) in [6.07, 6.45) is 2.41. The van der Waals surface area contributed by atoms with Crippen LogP contribution in [0.1, 0.15) is 35.2 Å². The van der Waals surface area contributed by atoms with Crippen molar-refractivity contribution in [3.8, 4) is 5.75 Å². The van der Waals surface area contributed by atoms with E-state index in [1.807, 2.05) is 6.92 Å². The predicted octanol–water partition coefficient (Wildman–Crippen LogP) is 1.89. The van der Waals surface area contributed by atoms with Gasteiger partial charge in [-0.1, -0.05) is 11.6 Å². The molecule has 1 heterocycles. The standard InChI is InChI=1S/C13H17NO4/c1-9-5-6-11(15)10(8-9)13(16)14-18-12-4-2-3-7-17-12/h5-6,8,12,15H,2-4,7H2,1H3,(H,14,16). The molecule has 1 aromatic rings. The van der Waals surface area contributed by atoms with Gasteiger partial charge in [-0.05, 0) is 31.9 Å². The molecule has 0 bridgehead atoms. The number of aromatic hydroxyl groups is 1. The Morgan fingerprint density at radius 1 is 1.50 bits per heavy atom. The molecule has 1 atom stereocenters. The summed E-state index contributed by atoms with van der Waals surface area (Å²) < 4.78 is 5.32. The quantitative estimate of drug-likeness (QED) is 0.805. The maximum atomic E-state index is 11.8. The number of amides is 1. The number of phenols is 1. The maximum absolute atomic E-state index is 11.8. The van der Waals surface area contributed by atoms with Crippen LogP contribution < -0.4 is 5.48 Å². The molecule has 1 aliphatic heterocycles. The Balaban J connectivity index is 1.92. The zero-order chi connectivity index (χ0) is 13.0. The van der Waals surface area contributed by atoms with Crippen molar-refractivity contribution in [3.05, 3.63) is 29.3 Å². The van der Waals surface area contributed by atoms with Crippen molar-refractivity contribution in [1.29, 1.82) is 0 Å². The molecular weight excluding hydrogens is 234 g/mol. The molecule has 1 fully saturated rings. The lowest BCUT2D eigenvalue weighted by molar-refractivity contribution is -0.186. The van der Waals surface area contributed by atoms with Crippen molar-refractivity contribution < 1.29 is 19.5 Å². The highest BCUT2D eigenvalue weighted by molar-refractivity contribution is 5.96. The highest BCUT2D eigenvalue weighted by Crippen LogP contribution is 2.18. The molecule has 18 heavy (non-hydrogen) atoms. The number of hydrogen-bond donors (Lipinski definition) is 2. The summed E-state index contributed by atoms with van der Waals surface area (Å²) in [4.78, 5) is 17.0. The van der Waals surface area contributed by atoms with Crippen molar-refractivity contribution >= 4 is 5.91 Å². The Morgan fingerprint density at radius 3 is 3.06 bits per heavy atom. The van der Waals surface area contributed by atoms with Gasteiger partial charge in [0.05, 0.1) is 5.56 Å². The van der Waals surface area contributed by atoms with E-state index in [1.54, 1.807) is 12.1 Å². The second-order valence-electron chi connectivity index (χ2n) is 4.37. The molecule has 0 spiro atoms. The van der Waals surface area contributed by atoms with Crippen LogP contribution in [0, 0.1) is 6.92 Å². The van der Waals surface area contributed by atoms with E-state index in [4.69, 9.17) is 9.57 Å². The van der Waals surface area contributed by atoms with Gasteiger partial charge in [-0.15, -0.1) is 0 Å². The lowest BCUT2D eigenvalue weighted by Crippen LogP contribution is -2.33. The molecule has 0 saturated carbocycles. The minimum Gasteiger partial charge on any atom is -0.507 e. The molecule has 1 unspecified atom stereocenters. The van der Waals surface area contributed by atoms with Gasteiger partial charge in [0.1, 0.15) is 5.75 Å². The van der Waals surface area contributed by atoms with E-state index in [-0.39, 0.29) is 11.3 Å². The second kappa shape index (κ2) is 5.84. The summed E-state index contributed by atoms with van der Waals surface area (Å²) in [5, 5.41) is 9.59. The zero-order valence-electron chi connectivity index (χ0n) is 10.3. The van der Waals surface area contributed by atoms with Gasteiger partial charge in [-0.3, -0.25) is 4.79 Å². The third kappa shape index (κ3) is 3.21. The number of benzene rings is 1. The van der Waals surface area contributed by atoms with Gasteiger partial charge in [0.25, 0.3) is 5.91 Å². The molecule has 0 aromatic heterocycles. The van der Waals surface area contributed by atoms with Crippen LogP contribution in [0.4, 0.5) is 0 Å². The van der Waals surface area contributed by atoms with Crippen LogP contribution in [0.2, 0.25) is 0 Å². The van der Waals surface area contributed by atoms with Gasteiger partial charge in [-0.25, -0.2) is 10.3 Å². The topological polar surface area (TPSA) is 67.8 Å². The number of hydroxylamine groups is 1. The van der Waals surface area contributed by atoms with Crippen LogP contribution in [0.25, 0.3) is 0 Å². The Kier molecular flexibility index (Phi) is 4.17. The van der Waals surface area contributed by atoms with E-state index in [2.05, 4.69) is 5.48 Å². The van der Waals surface area contributed by atoms with E-state index in [0.717, 1.165) is 24.8 Å². The largest absolute Gasteiger partial charge is 0.507 e. The smallest absolute Gasteiger partial charge is 0.278 e. The molecule has 2 N–H and O–H groups in total. The number of phenolic OH excluding ortho intramolecular Hbond substituents is 1. The van der Waals surface area contributed by atoms with Crippen molar-refractivity contribution in [2.45, 2.75) is 32.5 Å². The first-order valence-electron chi connectivity index (χ1n) is 6.04. The molecule has 98 valence electrons. The maximum Gasteiger partial charge on any atom is 0.278 e. The molecule has 5 heteroatoms. The second-order valence-corrected chi connectivity index (χ2v) is 4.37. The monoisotopic (exact) mass is 251 g/mol. The summed E-state index contributed by atoms with van der Waals surface area (Å²) in [5.41, 5.74) is 3.41. The first-order chi connectivity index (χ1) is 8.66. The van der Waals surface area contributed by atoms with Crippen LogP contribution in [-0.2, 0) is 9.57 Å². The highest BCUT2D eigenvalue weighted by atomic mass is 16.8. The summed E-state index contributed by atoms with van der Waals surface area (Å²) in [6.45, 7) is 2.50. The number of rotatable bonds is 3. The number of carbonyl (C=O) groups excluding carboxylic acids is 1. The predicted molar refractivity (Wildman–Crippen MR) is 65.0 cm³/mol. The molecule has 5 nitrogen and oxygen atoms in total. The van der Waals surface area contributed by atoms with Gasteiger partial charge in [0.2, 0.25) is 0 Å². The third-order valence-corrected chi connectivity index (χ3v) is 2.82. The fourth-order valence-corrected chi connectivity index (χ4v) is 1.81. The summed E-state index contributed by atoms with van der Waals surface area (Å²) >= 11 is 0. The summed E-state index contributed by atoms with van der Waals surface area (Å²) in [7, 11) is 0. The number of ether oxygens (including phenoxy) is 1. The molecule has 2 rings (SSSR count). The minimum atomic E-state index is -0.467. The Morgan fingerprint density at radius 2 is 2.33 bits per heavy atom. The Labute approximate surface area is 106 Å². The van der Waals surface area contributed by atoms with Crippen molar-refractivity contribution in [1.82, 2.24) is 5.48 Å². The number of hydrogen-bond acceptors (Lipinski definition) is 4. The van der Waals surface area contributed by atoms with Gasteiger partial charge in [0.15, 0.2) is 6.29 Å². The average molecular weight is 251 g/mol. The van der Waals surface area contributed by atoms with Crippen molar-refractivity contribution in [2.75, 3.05) is 6.61 Å². The number of nitrogens with one attached hydrogen (secondary N) is 1. The van der Waals surface area contributed by atoms with Crippen LogP contribution in [-0.4, -0.2) is 23.9 Å². The lowest BCUT2D eigenvalue weighted by Gasteiger charge is -2.22. The SMILES string of the molecule is Cc1ccc(O)c(C(=O)NOC2CCCCO2)c1. The van der Waals surface area contributed by atoms with E-state index in [9.17, 15) is 9.90 Å². The van der Waals surface area contributed by atoms with Crippen molar-refractivity contribution in [3.63, 3.8) is 0 Å². The zero-order valence-corrected chi connectivity index (χ0v) is 10.3. The summed E-state index contributed by atoms with van der Waals surface area (Å²) in [6, 6.07) is 4.83. The third-order valence-electron chi connectivity index (χ3n) is 2.82. The van der Waals surface area contributed by atoms with E-state index >= 15 is 0 Å². The van der Waals surface area contributed by atoms with Crippen LogP contribution in [0.3, 0.4) is 0 Å². The number of aryl methyl sites for hydroxylation is 1. The van der Waals surface area contributed by atoms with Gasteiger partial charge >= 0.3 is 0 Å². The average Bonchev–Trinajstić information content (AvgIpc) is 2.40. The highest BCUT2D eigenvalue weighted by Gasteiger charge is 2.17. The molecule has 1 saturated heterocycles. The van der Waals surface area contributed by atoms with Crippen LogP contribution in [0.15, 0.2) is 18.2 Å². The fourth-order valence-electron chi connectivity index (χ4n) is 1.81. The lowest BCUT2D eigenvalue weighted by atomic mass is 10.1. The fraction of sp³-hybridized carbons (Fsp3) is 0.462. The van der Waals surface area contributed by atoms with Crippen LogP contribution >= 0.6 is 0 Å². The van der Waals surface area contributed by atoms with Gasteiger partial charge in [-0.2, -0.15) is 0 Å². The van der Waals surface area contributed by atoms with E-state index < -0.39 is 12.2 Å². The molecule has 0 radical (unpaired) electrons. The Hall–Kier alpha value is -1.59. The van der Waals surface area contributed by atoms with Crippen LogP contribution in [0.5, 0.6) is 5.75 Å².